The monoisotopic (exact) mass is 437 g/mol. The molecule has 0 radical (unpaired) electrons. The molecule has 126 valence electrons. The van der Waals surface area contributed by atoms with Crippen LogP contribution in [0.2, 0.25) is 0 Å². The zero-order chi connectivity index (χ0) is 15.2. The minimum Gasteiger partial charge on any atom is -0.357 e. The smallest absolute Gasteiger partial charge is 0.191 e. The molecule has 0 bridgehead atoms. The van der Waals surface area contributed by atoms with Gasteiger partial charge in [-0.2, -0.15) is 0 Å². The highest BCUT2D eigenvalue weighted by atomic mass is 127. The van der Waals surface area contributed by atoms with Gasteiger partial charge in [0.05, 0.1) is 6.54 Å². The summed E-state index contributed by atoms with van der Waals surface area (Å²) in [4.78, 5) is 11.4. The predicted octanol–water partition coefficient (Wildman–Crippen LogP) is 2.54. The fraction of sp³-hybridized carbons (Fsp3) is 0.733. The lowest BCUT2D eigenvalue weighted by molar-refractivity contribution is 0.265. The van der Waals surface area contributed by atoms with Crippen molar-refractivity contribution in [3.8, 4) is 0 Å². The first-order valence-corrected chi connectivity index (χ1v) is 8.65. The molecule has 0 aromatic carbocycles. The van der Waals surface area contributed by atoms with Crippen LogP contribution in [0.5, 0.6) is 0 Å². The number of aliphatic imine (C=N–C) groups is 1. The standard InChI is InChI=1S/C15H27N5S.HI/c1-5-16-15(18-8-14-17-6-7-21-14)19-13-10-20(11(2)3)9-12(13)4;/h6-7,11-13H,5,8-10H2,1-4H3,(H2,16,18,19);1H. The van der Waals surface area contributed by atoms with Gasteiger partial charge in [0.15, 0.2) is 5.96 Å². The number of hydrogen-bond acceptors (Lipinski definition) is 4. The quantitative estimate of drug-likeness (QED) is 0.423. The summed E-state index contributed by atoms with van der Waals surface area (Å²) in [6, 6.07) is 1.07. The highest BCUT2D eigenvalue weighted by Gasteiger charge is 2.31. The first-order chi connectivity index (χ1) is 10.1. The highest BCUT2D eigenvalue weighted by Crippen LogP contribution is 2.18. The van der Waals surface area contributed by atoms with E-state index in [1.54, 1.807) is 11.3 Å². The predicted molar refractivity (Wildman–Crippen MR) is 105 cm³/mol. The molecule has 1 aliphatic rings. The number of likely N-dealkylation sites (tertiary alicyclic amines) is 1. The number of rotatable bonds is 5. The number of aromatic nitrogens is 1. The molecule has 2 heterocycles. The van der Waals surface area contributed by atoms with Gasteiger partial charge in [0.25, 0.3) is 0 Å². The summed E-state index contributed by atoms with van der Waals surface area (Å²) in [7, 11) is 0. The Hall–Kier alpha value is -0.410. The zero-order valence-corrected chi connectivity index (χ0v) is 17.0. The summed E-state index contributed by atoms with van der Waals surface area (Å²) in [5.74, 6) is 1.53. The highest BCUT2D eigenvalue weighted by molar-refractivity contribution is 14.0. The Kier molecular flexibility index (Phi) is 8.63. The molecule has 1 saturated heterocycles. The Morgan fingerprint density at radius 3 is 2.82 bits per heavy atom. The molecular formula is C15H28IN5S. The molecule has 22 heavy (non-hydrogen) atoms. The number of guanidine groups is 1. The Labute approximate surface area is 155 Å². The molecule has 0 aliphatic carbocycles. The van der Waals surface area contributed by atoms with Crippen LogP contribution in [0.3, 0.4) is 0 Å². The Morgan fingerprint density at radius 1 is 1.50 bits per heavy atom. The third-order valence-electron chi connectivity index (χ3n) is 3.89. The molecule has 1 aromatic rings. The first kappa shape index (κ1) is 19.6. The van der Waals surface area contributed by atoms with Crippen LogP contribution < -0.4 is 10.6 Å². The summed E-state index contributed by atoms with van der Waals surface area (Å²) >= 11 is 1.65. The van der Waals surface area contributed by atoms with Crippen LogP contribution in [0.1, 0.15) is 32.7 Å². The lowest BCUT2D eigenvalue weighted by atomic mass is 10.1. The van der Waals surface area contributed by atoms with Crippen LogP contribution in [0.4, 0.5) is 0 Å². The van der Waals surface area contributed by atoms with Crippen molar-refractivity contribution in [2.24, 2.45) is 10.9 Å². The van der Waals surface area contributed by atoms with E-state index in [-0.39, 0.29) is 24.0 Å². The van der Waals surface area contributed by atoms with Crippen LogP contribution in [0.15, 0.2) is 16.6 Å². The summed E-state index contributed by atoms with van der Waals surface area (Å²) in [6.07, 6.45) is 1.83. The normalized spacial score (nSPS) is 22.7. The molecule has 0 amide bonds. The second-order valence-corrected chi connectivity index (χ2v) is 6.88. The van der Waals surface area contributed by atoms with Crippen LogP contribution >= 0.6 is 35.3 Å². The molecule has 2 rings (SSSR count). The Bertz CT molecular complexity index is 449. The SMILES string of the molecule is CCNC(=NCc1nccs1)NC1CN(C(C)C)CC1C.I. The third kappa shape index (κ3) is 5.66. The van der Waals surface area contributed by atoms with E-state index in [1.807, 2.05) is 11.6 Å². The van der Waals surface area contributed by atoms with E-state index in [0.29, 0.717) is 24.5 Å². The molecule has 1 aromatic heterocycles. The van der Waals surface area contributed by atoms with Crippen molar-refractivity contribution in [2.45, 2.75) is 46.3 Å². The molecule has 0 spiro atoms. The number of nitrogens with zero attached hydrogens (tertiary/aromatic N) is 3. The molecule has 7 heteroatoms. The van der Waals surface area contributed by atoms with Crippen LogP contribution in [0, 0.1) is 5.92 Å². The molecule has 2 unspecified atom stereocenters. The van der Waals surface area contributed by atoms with Gasteiger partial charge in [-0.05, 0) is 26.7 Å². The fourth-order valence-corrected chi connectivity index (χ4v) is 3.13. The van der Waals surface area contributed by atoms with Gasteiger partial charge in [-0.1, -0.05) is 6.92 Å². The van der Waals surface area contributed by atoms with Crippen molar-refractivity contribution < 1.29 is 0 Å². The fourth-order valence-electron chi connectivity index (χ4n) is 2.59. The van der Waals surface area contributed by atoms with E-state index < -0.39 is 0 Å². The summed E-state index contributed by atoms with van der Waals surface area (Å²) in [6.45, 7) is 12.7. The van der Waals surface area contributed by atoms with E-state index in [0.717, 1.165) is 30.6 Å². The van der Waals surface area contributed by atoms with Crippen molar-refractivity contribution in [1.82, 2.24) is 20.5 Å². The van der Waals surface area contributed by atoms with Crippen molar-refractivity contribution in [3.05, 3.63) is 16.6 Å². The second kappa shape index (κ2) is 9.67. The van der Waals surface area contributed by atoms with Crippen molar-refractivity contribution in [3.63, 3.8) is 0 Å². The average molecular weight is 437 g/mol. The van der Waals surface area contributed by atoms with Gasteiger partial charge in [0, 0.05) is 43.3 Å². The zero-order valence-electron chi connectivity index (χ0n) is 13.9. The van der Waals surface area contributed by atoms with Gasteiger partial charge in [-0.15, -0.1) is 35.3 Å². The van der Waals surface area contributed by atoms with Gasteiger partial charge in [0.1, 0.15) is 5.01 Å². The van der Waals surface area contributed by atoms with Gasteiger partial charge in [-0.25, -0.2) is 9.98 Å². The van der Waals surface area contributed by atoms with Crippen molar-refractivity contribution in [2.75, 3.05) is 19.6 Å². The molecule has 2 atom stereocenters. The lowest BCUT2D eigenvalue weighted by Crippen LogP contribution is -2.46. The van der Waals surface area contributed by atoms with E-state index >= 15 is 0 Å². The average Bonchev–Trinajstić information content (AvgIpc) is 3.07. The van der Waals surface area contributed by atoms with E-state index in [4.69, 9.17) is 0 Å². The van der Waals surface area contributed by atoms with E-state index in [2.05, 4.69) is 53.2 Å². The van der Waals surface area contributed by atoms with Crippen LogP contribution in [0.25, 0.3) is 0 Å². The van der Waals surface area contributed by atoms with Crippen LogP contribution in [-0.2, 0) is 6.54 Å². The lowest BCUT2D eigenvalue weighted by Gasteiger charge is -2.21. The minimum absolute atomic E-state index is 0. The maximum atomic E-state index is 4.65. The second-order valence-electron chi connectivity index (χ2n) is 5.90. The number of thiazole rings is 1. The molecule has 1 fully saturated rings. The Balaban J connectivity index is 0.00000242. The molecule has 1 aliphatic heterocycles. The molecule has 0 saturated carbocycles. The van der Waals surface area contributed by atoms with Gasteiger partial charge in [-0.3, -0.25) is 4.90 Å². The number of halogens is 1. The maximum Gasteiger partial charge on any atom is 0.191 e. The first-order valence-electron chi connectivity index (χ1n) is 7.77. The van der Waals surface area contributed by atoms with Gasteiger partial charge >= 0.3 is 0 Å². The van der Waals surface area contributed by atoms with Gasteiger partial charge < -0.3 is 10.6 Å². The molecular weight excluding hydrogens is 409 g/mol. The Morgan fingerprint density at radius 2 is 2.27 bits per heavy atom. The molecule has 5 nitrogen and oxygen atoms in total. The number of nitrogens with one attached hydrogen (secondary N) is 2. The number of hydrogen-bond donors (Lipinski definition) is 2. The minimum atomic E-state index is 0. The van der Waals surface area contributed by atoms with E-state index in [9.17, 15) is 0 Å². The summed E-state index contributed by atoms with van der Waals surface area (Å²) < 4.78 is 0. The van der Waals surface area contributed by atoms with Gasteiger partial charge in [0.2, 0.25) is 0 Å². The third-order valence-corrected chi connectivity index (χ3v) is 4.66. The summed E-state index contributed by atoms with van der Waals surface area (Å²) in [5, 5.41) is 9.96. The maximum absolute atomic E-state index is 4.65. The van der Waals surface area contributed by atoms with Crippen molar-refractivity contribution in [1.29, 1.82) is 0 Å². The molecule has 2 N–H and O–H groups in total. The van der Waals surface area contributed by atoms with E-state index in [1.165, 1.54) is 0 Å². The topological polar surface area (TPSA) is 52.6 Å². The van der Waals surface area contributed by atoms with Crippen molar-refractivity contribution >= 4 is 41.3 Å². The largest absolute Gasteiger partial charge is 0.357 e. The summed E-state index contributed by atoms with van der Waals surface area (Å²) in [5.41, 5.74) is 0. The van der Waals surface area contributed by atoms with Crippen LogP contribution in [-0.4, -0.2) is 47.6 Å².